The molecule has 0 saturated heterocycles. The van der Waals surface area contributed by atoms with Crippen LogP contribution in [0, 0.1) is 15.9 Å². The molecule has 1 N–H and O–H groups in total. The highest BCUT2D eigenvalue weighted by molar-refractivity contribution is 6.31. The van der Waals surface area contributed by atoms with Crippen molar-refractivity contribution in [3.05, 3.63) is 38.7 Å². The number of nitrogens with zero attached hydrogens (tertiary/aromatic N) is 1. The van der Waals surface area contributed by atoms with E-state index in [1.807, 2.05) is 0 Å². The monoisotopic (exact) mass is 219 g/mol. The molecule has 0 unspecified atom stereocenters. The van der Waals surface area contributed by atoms with Gasteiger partial charge in [0.1, 0.15) is 0 Å². The summed E-state index contributed by atoms with van der Waals surface area (Å²) in [4.78, 5) is 9.52. The van der Waals surface area contributed by atoms with Crippen molar-refractivity contribution in [3.63, 3.8) is 0 Å². The molecule has 0 amide bonds. The summed E-state index contributed by atoms with van der Waals surface area (Å²) in [6.45, 7) is -0.192. The lowest BCUT2D eigenvalue weighted by Crippen LogP contribution is -1.98. The largest absolute Gasteiger partial charge is 0.396 e. The van der Waals surface area contributed by atoms with Gasteiger partial charge in [-0.1, -0.05) is 11.6 Å². The second-order valence-corrected chi connectivity index (χ2v) is 3.03. The number of nitro benzene ring substituents is 1. The number of halogens is 2. The molecular formula is C8H7ClFNO3. The number of aliphatic hydroxyl groups is 1. The van der Waals surface area contributed by atoms with Crippen LogP contribution in [0.3, 0.4) is 0 Å². The van der Waals surface area contributed by atoms with Crippen LogP contribution < -0.4 is 0 Å². The normalized spacial score (nSPS) is 10.2. The number of benzene rings is 1. The van der Waals surface area contributed by atoms with Gasteiger partial charge in [0, 0.05) is 17.7 Å². The molecule has 1 aromatic carbocycles. The predicted molar refractivity (Wildman–Crippen MR) is 48.9 cm³/mol. The maximum atomic E-state index is 12.9. The topological polar surface area (TPSA) is 63.4 Å². The molecule has 0 saturated carbocycles. The van der Waals surface area contributed by atoms with E-state index in [2.05, 4.69) is 0 Å². The highest BCUT2D eigenvalue weighted by atomic mass is 35.5. The van der Waals surface area contributed by atoms with Gasteiger partial charge in [0.2, 0.25) is 5.82 Å². The quantitative estimate of drug-likeness (QED) is 0.624. The zero-order valence-corrected chi connectivity index (χ0v) is 7.79. The van der Waals surface area contributed by atoms with Crippen molar-refractivity contribution in [1.82, 2.24) is 0 Å². The molecule has 0 aromatic heterocycles. The zero-order chi connectivity index (χ0) is 10.7. The minimum absolute atomic E-state index is 0.0853. The Morgan fingerprint density at radius 1 is 1.57 bits per heavy atom. The highest BCUT2D eigenvalue weighted by Gasteiger charge is 2.16. The van der Waals surface area contributed by atoms with Crippen LogP contribution in [-0.2, 0) is 6.42 Å². The smallest absolute Gasteiger partial charge is 0.305 e. The highest BCUT2D eigenvalue weighted by Crippen LogP contribution is 2.25. The van der Waals surface area contributed by atoms with E-state index in [0.29, 0.717) is 5.56 Å². The third-order valence-electron chi connectivity index (χ3n) is 1.69. The van der Waals surface area contributed by atoms with Gasteiger partial charge in [-0.15, -0.1) is 0 Å². The standard InChI is InChI=1S/C8H7ClFNO3/c9-6-4-7(10)8(11(13)14)3-5(6)1-2-12/h3-4,12H,1-2H2. The fourth-order valence-corrected chi connectivity index (χ4v) is 1.28. The molecule has 1 aromatic rings. The number of aliphatic hydroxyl groups excluding tert-OH is 1. The number of hydrogen-bond acceptors (Lipinski definition) is 3. The van der Waals surface area contributed by atoms with E-state index in [0.717, 1.165) is 12.1 Å². The first-order valence-corrected chi connectivity index (χ1v) is 4.17. The van der Waals surface area contributed by atoms with Gasteiger partial charge < -0.3 is 5.11 Å². The molecule has 0 spiro atoms. The molecule has 0 aliphatic rings. The minimum atomic E-state index is -0.971. The first-order chi connectivity index (χ1) is 6.56. The molecule has 4 nitrogen and oxygen atoms in total. The Morgan fingerprint density at radius 3 is 2.71 bits per heavy atom. The van der Waals surface area contributed by atoms with Crippen molar-refractivity contribution >= 4 is 17.3 Å². The summed E-state index contributed by atoms with van der Waals surface area (Å²) in [6, 6.07) is 1.92. The Morgan fingerprint density at radius 2 is 2.21 bits per heavy atom. The lowest BCUT2D eigenvalue weighted by atomic mass is 10.1. The molecule has 0 aliphatic carbocycles. The Kier molecular flexibility index (Phi) is 3.38. The molecule has 6 heteroatoms. The van der Waals surface area contributed by atoms with Crippen LogP contribution >= 0.6 is 11.6 Å². The number of hydrogen-bond donors (Lipinski definition) is 1. The molecular weight excluding hydrogens is 213 g/mol. The molecule has 0 bridgehead atoms. The maximum Gasteiger partial charge on any atom is 0.305 e. The summed E-state index contributed by atoms with van der Waals surface area (Å²) in [7, 11) is 0. The van der Waals surface area contributed by atoms with Crippen molar-refractivity contribution in [2.45, 2.75) is 6.42 Å². The van der Waals surface area contributed by atoms with Gasteiger partial charge >= 0.3 is 5.69 Å². The second kappa shape index (κ2) is 4.34. The van der Waals surface area contributed by atoms with E-state index < -0.39 is 16.4 Å². The fourth-order valence-electron chi connectivity index (χ4n) is 1.03. The summed E-state index contributed by atoms with van der Waals surface area (Å²) in [6.07, 6.45) is 0.167. The summed E-state index contributed by atoms with van der Waals surface area (Å²) in [5.74, 6) is -0.971. The SMILES string of the molecule is O=[N+]([O-])c1cc(CCO)c(Cl)cc1F. The van der Waals surface area contributed by atoms with Crippen molar-refractivity contribution in [1.29, 1.82) is 0 Å². The van der Waals surface area contributed by atoms with Crippen LogP contribution in [-0.4, -0.2) is 16.6 Å². The third-order valence-corrected chi connectivity index (χ3v) is 2.05. The van der Waals surface area contributed by atoms with Crippen molar-refractivity contribution < 1.29 is 14.4 Å². The van der Waals surface area contributed by atoms with E-state index >= 15 is 0 Å². The molecule has 0 atom stereocenters. The number of nitro groups is 1. The maximum absolute atomic E-state index is 12.9. The lowest BCUT2D eigenvalue weighted by molar-refractivity contribution is -0.387. The Balaban J connectivity index is 3.20. The second-order valence-electron chi connectivity index (χ2n) is 2.63. The summed E-state index contributed by atoms with van der Waals surface area (Å²) in [5, 5.41) is 19.1. The third kappa shape index (κ3) is 2.18. The first kappa shape index (κ1) is 10.9. The van der Waals surface area contributed by atoms with Crippen LogP contribution in [0.15, 0.2) is 12.1 Å². The van der Waals surface area contributed by atoms with Gasteiger partial charge in [-0.05, 0) is 18.1 Å². The van der Waals surface area contributed by atoms with Gasteiger partial charge in [0.15, 0.2) is 0 Å². The van der Waals surface area contributed by atoms with Crippen LogP contribution in [0.2, 0.25) is 5.02 Å². The van der Waals surface area contributed by atoms with Gasteiger partial charge in [0.25, 0.3) is 0 Å². The van der Waals surface area contributed by atoms with Crippen molar-refractivity contribution in [2.24, 2.45) is 0 Å². The minimum Gasteiger partial charge on any atom is -0.396 e. The van der Waals surface area contributed by atoms with Crippen LogP contribution in [0.5, 0.6) is 0 Å². The Hall–Kier alpha value is -1.20. The van der Waals surface area contributed by atoms with E-state index in [-0.39, 0.29) is 18.1 Å². The van der Waals surface area contributed by atoms with Gasteiger partial charge in [-0.2, -0.15) is 4.39 Å². The average molecular weight is 220 g/mol. The molecule has 0 fully saturated rings. The zero-order valence-electron chi connectivity index (χ0n) is 7.04. The van der Waals surface area contributed by atoms with Gasteiger partial charge in [-0.25, -0.2) is 0 Å². The molecule has 0 heterocycles. The van der Waals surface area contributed by atoms with Crippen molar-refractivity contribution in [2.75, 3.05) is 6.61 Å². The Bertz CT molecular complexity index is 370. The van der Waals surface area contributed by atoms with Crippen LogP contribution in [0.25, 0.3) is 0 Å². The Labute approximate surface area is 84.1 Å². The molecule has 1 rings (SSSR count). The molecule has 14 heavy (non-hydrogen) atoms. The van der Waals surface area contributed by atoms with Crippen molar-refractivity contribution in [3.8, 4) is 0 Å². The van der Waals surface area contributed by atoms with E-state index in [9.17, 15) is 14.5 Å². The summed E-state index contributed by atoms with van der Waals surface area (Å²) >= 11 is 5.61. The average Bonchev–Trinajstić information content (AvgIpc) is 2.09. The van der Waals surface area contributed by atoms with Gasteiger partial charge in [-0.3, -0.25) is 10.1 Å². The van der Waals surface area contributed by atoms with Crippen LogP contribution in [0.1, 0.15) is 5.56 Å². The predicted octanol–water partition coefficient (Wildman–Crippen LogP) is 1.92. The molecule has 0 radical (unpaired) electrons. The van der Waals surface area contributed by atoms with E-state index in [4.69, 9.17) is 16.7 Å². The van der Waals surface area contributed by atoms with E-state index in [1.54, 1.807) is 0 Å². The lowest BCUT2D eigenvalue weighted by Gasteiger charge is -2.02. The summed E-state index contributed by atoms with van der Waals surface area (Å²) in [5.41, 5.74) is -0.264. The molecule has 76 valence electrons. The van der Waals surface area contributed by atoms with Gasteiger partial charge in [0.05, 0.1) is 4.92 Å². The number of rotatable bonds is 3. The fraction of sp³-hybridized carbons (Fsp3) is 0.250. The summed E-state index contributed by atoms with van der Waals surface area (Å²) < 4.78 is 12.9. The first-order valence-electron chi connectivity index (χ1n) is 3.79. The van der Waals surface area contributed by atoms with Crippen LogP contribution in [0.4, 0.5) is 10.1 Å². The molecule has 0 aliphatic heterocycles. The van der Waals surface area contributed by atoms with E-state index in [1.165, 1.54) is 0 Å².